The zero-order valence-electron chi connectivity index (χ0n) is 33.9. The van der Waals surface area contributed by atoms with Crippen molar-refractivity contribution in [3.8, 4) is 11.5 Å². The van der Waals surface area contributed by atoms with E-state index in [4.69, 9.17) is 42.1 Å². The maximum absolute atomic E-state index is 13.8. The Hall–Kier alpha value is -6.62. The number of hydrogen-bond donors (Lipinski definition) is 0. The lowest BCUT2D eigenvalue weighted by Gasteiger charge is -2.19. The molecule has 10 nitrogen and oxygen atoms in total. The van der Waals surface area contributed by atoms with Crippen LogP contribution in [0.1, 0.15) is 73.4 Å². The molecule has 314 valence electrons. The second kappa shape index (κ2) is 19.0. The van der Waals surface area contributed by atoms with E-state index in [0.29, 0.717) is 74.0 Å². The topological polar surface area (TPSA) is 112 Å². The van der Waals surface area contributed by atoms with Crippen molar-refractivity contribution in [3.05, 3.63) is 188 Å². The summed E-state index contributed by atoms with van der Waals surface area (Å²) in [5, 5.41) is 0.834. The first-order chi connectivity index (χ1) is 30.2. The monoisotopic (exact) mass is 868 g/mol. The zero-order valence-corrected chi connectivity index (χ0v) is 35.4. The Morgan fingerprint density at radius 1 is 0.597 bits per heavy atom. The molecule has 0 spiro atoms. The second-order valence-electron chi connectivity index (χ2n) is 14.9. The summed E-state index contributed by atoms with van der Waals surface area (Å²) < 4.78 is 23.2. The number of amides is 2. The van der Waals surface area contributed by atoms with Crippen molar-refractivity contribution in [3.63, 3.8) is 0 Å². The summed E-state index contributed by atoms with van der Waals surface area (Å²) in [6.07, 6.45) is 0.178. The quantitative estimate of drug-likeness (QED) is 0.0884. The average molecular weight is 870 g/mol. The van der Waals surface area contributed by atoms with Crippen molar-refractivity contribution in [2.24, 2.45) is 0 Å². The molecule has 0 saturated carbocycles. The lowest BCUT2D eigenvalue weighted by Crippen LogP contribution is -2.23. The number of esters is 2. The van der Waals surface area contributed by atoms with Gasteiger partial charge in [-0.2, -0.15) is 0 Å². The van der Waals surface area contributed by atoms with Crippen LogP contribution >= 0.6 is 23.2 Å². The first-order valence-corrected chi connectivity index (χ1v) is 21.0. The minimum atomic E-state index is -0.713. The molecule has 2 aliphatic heterocycles. The van der Waals surface area contributed by atoms with Crippen molar-refractivity contribution < 1.29 is 38.1 Å². The molecule has 0 saturated heterocycles. The number of rotatable bonds is 16. The van der Waals surface area contributed by atoms with E-state index in [-0.39, 0.29) is 51.0 Å². The van der Waals surface area contributed by atoms with Gasteiger partial charge in [0.05, 0.1) is 54.8 Å². The summed E-state index contributed by atoms with van der Waals surface area (Å²) in [5.74, 6) is -1.03. The number of hydrogen-bond acceptors (Lipinski definition) is 8. The number of anilines is 2. The largest absolute Gasteiger partial charge is 0.489 e. The van der Waals surface area contributed by atoms with Crippen LogP contribution < -0.4 is 19.3 Å². The molecule has 2 aliphatic rings. The van der Waals surface area contributed by atoms with Gasteiger partial charge in [0.1, 0.15) is 24.7 Å². The van der Waals surface area contributed by atoms with Crippen LogP contribution in [0, 0.1) is 0 Å². The number of nitrogens with zero attached hydrogens (tertiary/aromatic N) is 2. The zero-order chi connectivity index (χ0) is 43.2. The van der Waals surface area contributed by atoms with Gasteiger partial charge < -0.3 is 28.7 Å². The van der Waals surface area contributed by atoms with E-state index in [0.717, 1.165) is 16.7 Å². The summed E-state index contributed by atoms with van der Waals surface area (Å²) in [4.78, 5) is 56.7. The highest BCUT2D eigenvalue weighted by Crippen LogP contribution is 2.40. The van der Waals surface area contributed by atoms with Crippen LogP contribution in [0.15, 0.2) is 133 Å². The van der Waals surface area contributed by atoms with Crippen LogP contribution in [-0.2, 0) is 51.8 Å². The average Bonchev–Trinajstić information content (AvgIpc) is 3.84. The maximum atomic E-state index is 13.8. The third-order valence-corrected chi connectivity index (χ3v) is 11.6. The van der Waals surface area contributed by atoms with Gasteiger partial charge in [0.25, 0.3) is 11.8 Å². The van der Waals surface area contributed by atoms with Crippen LogP contribution in [0.3, 0.4) is 0 Å². The number of carbonyl (C=O) groups is 4. The van der Waals surface area contributed by atoms with Crippen LogP contribution in [-0.4, -0.2) is 37.0 Å². The molecule has 8 rings (SSSR count). The molecule has 1 atom stereocenters. The van der Waals surface area contributed by atoms with Gasteiger partial charge in [0, 0.05) is 27.5 Å². The van der Waals surface area contributed by atoms with Gasteiger partial charge in [0.15, 0.2) is 0 Å². The second-order valence-corrected chi connectivity index (χ2v) is 15.7. The predicted molar refractivity (Wildman–Crippen MR) is 237 cm³/mol. The number of fused-ring (bicyclic) bond motifs is 2. The molecule has 6 aromatic carbocycles. The molecule has 2 amide bonds. The van der Waals surface area contributed by atoms with Gasteiger partial charge in [0.2, 0.25) is 0 Å². The molecule has 0 aromatic heterocycles. The molecule has 62 heavy (non-hydrogen) atoms. The van der Waals surface area contributed by atoms with Gasteiger partial charge in [-0.1, -0.05) is 108 Å². The van der Waals surface area contributed by atoms with E-state index in [1.165, 1.54) is 0 Å². The molecular formula is C50H42Cl2N2O8. The van der Waals surface area contributed by atoms with Crippen molar-refractivity contribution in [2.75, 3.05) is 23.0 Å². The van der Waals surface area contributed by atoms with Crippen LogP contribution in [0.5, 0.6) is 11.5 Å². The summed E-state index contributed by atoms with van der Waals surface area (Å²) in [6.45, 7) is 3.10. The van der Waals surface area contributed by atoms with Crippen molar-refractivity contribution in [2.45, 2.75) is 52.0 Å². The minimum absolute atomic E-state index is 0.00813. The molecular weight excluding hydrogens is 827 g/mol. The van der Waals surface area contributed by atoms with Gasteiger partial charge in [-0.3, -0.25) is 19.2 Å². The first-order valence-electron chi connectivity index (χ1n) is 20.3. The lowest BCUT2D eigenvalue weighted by molar-refractivity contribution is -0.148. The Balaban J connectivity index is 0.866. The van der Waals surface area contributed by atoms with Gasteiger partial charge in [-0.05, 0) is 84.1 Å². The van der Waals surface area contributed by atoms with Crippen molar-refractivity contribution in [1.82, 2.24) is 0 Å². The fourth-order valence-electron chi connectivity index (χ4n) is 7.70. The molecule has 6 aromatic rings. The van der Waals surface area contributed by atoms with Gasteiger partial charge in [-0.25, -0.2) is 0 Å². The third kappa shape index (κ3) is 9.17. The smallest absolute Gasteiger partial charge is 0.313 e. The minimum Gasteiger partial charge on any atom is -0.489 e. The van der Waals surface area contributed by atoms with E-state index in [1.54, 1.807) is 89.5 Å². The van der Waals surface area contributed by atoms with Crippen molar-refractivity contribution >= 4 is 58.3 Å². The number of halogens is 2. The van der Waals surface area contributed by atoms with Crippen LogP contribution in [0.25, 0.3) is 0 Å². The Bertz CT molecular complexity index is 2600. The van der Waals surface area contributed by atoms with Gasteiger partial charge in [-0.15, -0.1) is 0 Å². The normalized spacial score (nSPS) is 13.4. The lowest BCUT2D eigenvalue weighted by atomic mass is 9.95. The fraction of sp³-hybridized carbons (Fsp3) is 0.200. The van der Waals surface area contributed by atoms with E-state index < -0.39 is 17.9 Å². The number of ether oxygens (including phenoxy) is 4. The van der Waals surface area contributed by atoms with E-state index >= 15 is 0 Å². The molecule has 1 unspecified atom stereocenters. The SMILES string of the molecule is CCOC(=O)C(CCOC(=O)Cc1ccc(N2Cc3c(OCc4ccccc4)ccc(Cl)c3C2=O)cc1)c1ccc(N2Cc3c(Cl)ccc(OCc4ccccc4)c3C2=O)cc1. The Kier molecular flexibility index (Phi) is 12.9. The molecule has 0 N–H and O–H groups in total. The standard InChI is InChI=1S/C50H42Cl2N2O8/c1-2-59-50(58)38(35-15-19-37(20-16-35)53-28-39-41(51)21-24-44(47(39)49(53)57)62-31-34-11-7-4-8-12-34)25-26-60-45(55)27-32-13-17-36(18-14-32)54-29-40-43(23-22-42(52)46(40)48(54)56)61-30-33-9-5-3-6-10-33/h3-24,38H,2,25-31H2,1H3. The summed E-state index contributed by atoms with van der Waals surface area (Å²) >= 11 is 13.1. The maximum Gasteiger partial charge on any atom is 0.313 e. The summed E-state index contributed by atoms with van der Waals surface area (Å²) in [7, 11) is 0. The molecule has 0 radical (unpaired) electrons. The highest BCUT2D eigenvalue weighted by Gasteiger charge is 2.35. The third-order valence-electron chi connectivity index (χ3n) is 10.9. The highest BCUT2D eigenvalue weighted by atomic mass is 35.5. The highest BCUT2D eigenvalue weighted by molar-refractivity contribution is 6.35. The summed E-state index contributed by atoms with van der Waals surface area (Å²) in [6, 6.07) is 40.6. The Morgan fingerprint density at radius 3 is 1.77 bits per heavy atom. The first kappa shape index (κ1) is 42.1. The van der Waals surface area contributed by atoms with E-state index in [9.17, 15) is 19.2 Å². The Morgan fingerprint density at radius 2 is 1.15 bits per heavy atom. The van der Waals surface area contributed by atoms with E-state index in [2.05, 4.69) is 0 Å². The molecule has 0 fully saturated rings. The molecule has 0 aliphatic carbocycles. The van der Waals surface area contributed by atoms with Gasteiger partial charge >= 0.3 is 11.9 Å². The molecule has 0 bridgehead atoms. The summed E-state index contributed by atoms with van der Waals surface area (Å²) in [5.41, 5.74) is 6.86. The van der Waals surface area contributed by atoms with Crippen LogP contribution in [0.4, 0.5) is 11.4 Å². The fourth-order valence-corrected chi connectivity index (χ4v) is 8.18. The Labute approximate surface area is 369 Å². The van der Waals surface area contributed by atoms with Crippen LogP contribution in [0.2, 0.25) is 10.0 Å². The number of carbonyl (C=O) groups excluding carboxylic acids is 4. The molecule has 12 heteroatoms. The van der Waals surface area contributed by atoms with Crippen molar-refractivity contribution in [1.29, 1.82) is 0 Å². The molecule has 2 heterocycles. The number of benzene rings is 6. The van der Waals surface area contributed by atoms with E-state index in [1.807, 2.05) is 60.7 Å². The predicted octanol–water partition coefficient (Wildman–Crippen LogP) is 10.3.